The zero-order chi connectivity index (χ0) is 21.7. The molecule has 8 nitrogen and oxygen atoms in total. The fourth-order valence-electron chi connectivity index (χ4n) is 3.48. The fourth-order valence-corrected chi connectivity index (χ4v) is 3.48. The Morgan fingerprint density at radius 3 is 2.40 bits per heavy atom. The lowest BCUT2D eigenvalue weighted by atomic mass is 9.96. The molecule has 0 saturated carbocycles. The van der Waals surface area contributed by atoms with Gasteiger partial charge in [0.1, 0.15) is 5.69 Å². The van der Waals surface area contributed by atoms with E-state index in [1.165, 1.54) is 7.11 Å². The van der Waals surface area contributed by atoms with Crippen LogP contribution < -0.4 is 4.90 Å². The first-order chi connectivity index (χ1) is 14.4. The predicted molar refractivity (Wildman–Crippen MR) is 111 cm³/mol. The first-order valence-corrected chi connectivity index (χ1v) is 10.1. The molecule has 1 aliphatic heterocycles. The molecule has 2 aromatic rings. The molecule has 0 N–H and O–H groups in total. The smallest absolute Gasteiger partial charge is 0.329 e. The molecule has 30 heavy (non-hydrogen) atoms. The highest BCUT2D eigenvalue weighted by atomic mass is 16.5. The van der Waals surface area contributed by atoms with Crippen molar-refractivity contribution in [3.8, 4) is 6.07 Å². The highest BCUT2D eigenvalue weighted by Gasteiger charge is 2.33. The van der Waals surface area contributed by atoms with Gasteiger partial charge in [0, 0.05) is 13.1 Å². The van der Waals surface area contributed by atoms with Crippen LogP contribution in [0.5, 0.6) is 0 Å². The van der Waals surface area contributed by atoms with Crippen LogP contribution in [0.25, 0.3) is 11.0 Å². The van der Waals surface area contributed by atoms with Gasteiger partial charge in [0.2, 0.25) is 0 Å². The number of nitriles is 1. The molecule has 0 aliphatic carbocycles. The van der Waals surface area contributed by atoms with Gasteiger partial charge in [0.15, 0.2) is 11.7 Å². The molecule has 0 bridgehead atoms. The SMILES string of the molecule is COC(=O)C1CCN(c2nc3ccccc3nc2[C@H](C#N)C(=O)OCC(C)C)CC1. The minimum absolute atomic E-state index is 0.160. The lowest BCUT2D eigenvalue weighted by Gasteiger charge is -2.32. The van der Waals surface area contributed by atoms with Crippen LogP contribution in [0, 0.1) is 23.2 Å². The van der Waals surface area contributed by atoms with E-state index in [1.807, 2.05) is 43.0 Å². The number of hydrogen-bond acceptors (Lipinski definition) is 8. The summed E-state index contributed by atoms with van der Waals surface area (Å²) >= 11 is 0. The monoisotopic (exact) mass is 410 g/mol. The molecule has 1 saturated heterocycles. The van der Waals surface area contributed by atoms with Crippen molar-refractivity contribution in [2.75, 3.05) is 31.7 Å². The number of anilines is 1. The van der Waals surface area contributed by atoms with Gasteiger partial charge in [-0.2, -0.15) is 5.26 Å². The van der Waals surface area contributed by atoms with Crippen LogP contribution in [0.3, 0.4) is 0 Å². The van der Waals surface area contributed by atoms with Gasteiger partial charge in [-0.15, -0.1) is 0 Å². The number of para-hydroxylation sites is 2. The number of methoxy groups -OCH3 is 1. The van der Waals surface area contributed by atoms with Gasteiger partial charge in [0.05, 0.1) is 36.7 Å². The van der Waals surface area contributed by atoms with Gasteiger partial charge < -0.3 is 14.4 Å². The van der Waals surface area contributed by atoms with Crippen molar-refractivity contribution in [2.45, 2.75) is 32.6 Å². The van der Waals surface area contributed by atoms with Crippen LogP contribution >= 0.6 is 0 Å². The lowest BCUT2D eigenvalue weighted by Crippen LogP contribution is -2.38. The highest BCUT2D eigenvalue weighted by molar-refractivity contribution is 5.85. The van der Waals surface area contributed by atoms with Gasteiger partial charge in [-0.3, -0.25) is 9.59 Å². The third-order valence-electron chi connectivity index (χ3n) is 5.10. The maximum absolute atomic E-state index is 12.6. The number of aromatic nitrogens is 2. The summed E-state index contributed by atoms with van der Waals surface area (Å²) in [5.41, 5.74) is 1.58. The van der Waals surface area contributed by atoms with E-state index in [0.29, 0.717) is 48.5 Å². The van der Waals surface area contributed by atoms with E-state index in [9.17, 15) is 14.9 Å². The van der Waals surface area contributed by atoms with Crippen molar-refractivity contribution in [3.63, 3.8) is 0 Å². The molecule has 1 fully saturated rings. The zero-order valence-corrected chi connectivity index (χ0v) is 17.5. The van der Waals surface area contributed by atoms with Crippen LogP contribution in [-0.4, -0.2) is 48.7 Å². The van der Waals surface area contributed by atoms with Crippen molar-refractivity contribution in [1.82, 2.24) is 9.97 Å². The van der Waals surface area contributed by atoms with Crippen molar-refractivity contribution in [3.05, 3.63) is 30.0 Å². The molecule has 8 heteroatoms. The minimum Gasteiger partial charge on any atom is -0.469 e. The molecule has 0 amide bonds. The number of carbonyl (C=O) groups is 2. The number of benzene rings is 1. The Bertz CT molecular complexity index is 961. The number of rotatable bonds is 6. The van der Waals surface area contributed by atoms with Crippen LogP contribution in [-0.2, 0) is 19.1 Å². The largest absolute Gasteiger partial charge is 0.469 e. The second kappa shape index (κ2) is 9.53. The average Bonchev–Trinajstić information content (AvgIpc) is 2.77. The van der Waals surface area contributed by atoms with E-state index in [-0.39, 0.29) is 24.4 Å². The summed E-state index contributed by atoms with van der Waals surface area (Å²) in [6, 6.07) is 9.38. The summed E-state index contributed by atoms with van der Waals surface area (Å²) in [4.78, 5) is 35.8. The number of nitrogens with zero attached hydrogens (tertiary/aromatic N) is 4. The number of fused-ring (bicyclic) bond motifs is 1. The fraction of sp³-hybridized carbons (Fsp3) is 0.500. The summed E-state index contributed by atoms with van der Waals surface area (Å²) in [6.07, 6.45) is 1.21. The molecule has 2 heterocycles. The van der Waals surface area contributed by atoms with E-state index in [1.54, 1.807) is 6.07 Å². The Hall–Kier alpha value is -3.21. The quantitative estimate of drug-likeness (QED) is 0.670. The molecule has 1 aromatic heterocycles. The van der Waals surface area contributed by atoms with Crippen LogP contribution in [0.15, 0.2) is 24.3 Å². The maximum Gasteiger partial charge on any atom is 0.329 e. The summed E-state index contributed by atoms with van der Waals surface area (Å²) in [5.74, 6) is -1.52. The second-order valence-corrected chi connectivity index (χ2v) is 7.79. The van der Waals surface area contributed by atoms with Crippen molar-refractivity contribution in [1.29, 1.82) is 5.26 Å². The Morgan fingerprint density at radius 1 is 1.20 bits per heavy atom. The summed E-state index contributed by atoms with van der Waals surface area (Å²) < 4.78 is 10.2. The predicted octanol–water partition coefficient (Wildman–Crippen LogP) is 2.83. The normalized spacial score (nSPS) is 15.6. The molecule has 3 rings (SSSR count). The Kier molecular flexibility index (Phi) is 6.83. The molecular weight excluding hydrogens is 384 g/mol. The molecule has 0 spiro atoms. The van der Waals surface area contributed by atoms with E-state index in [0.717, 1.165) is 0 Å². The van der Waals surface area contributed by atoms with Gasteiger partial charge in [-0.25, -0.2) is 9.97 Å². The first-order valence-electron chi connectivity index (χ1n) is 10.1. The van der Waals surface area contributed by atoms with Crippen molar-refractivity contribution < 1.29 is 19.1 Å². The molecule has 1 atom stereocenters. The van der Waals surface area contributed by atoms with Crippen molar-refractivity contribution >= 4 is 28.8 Å². The maximum atomic E-state index is 12.6. The van der Waals surface area contributed by atoms with E-state index in [2.05, 4.69) is 4.98 Å². The third-order valence-corrected chi connectivity index (χ3v) is 5.10. The average molecular weight is 410 g/mol. The summed E-state index contributed by atoms with van der Waals surface area (Å²) in [5, 5.41) is 9.76. The molecular formula is C22H26N4O4. The second-order valence-electron chi connectivity index (χ2n) is 7.79. The zero-order valence-electron chi connectivity index (χ0n) is 17.5. The number of ether oxygens (including phenoxy) is 2. The first kappa shape index (κ1) is 21.5. The highest BCUT2D eigenvalue weighted by Crippen LogP contribution is 2.31. The molecule has 158 valence electrons. The minimum atomic E-state index is -1.17. The van der Waals surface area contributed by atoms with Gasteiger partial charge in [0.25, 0.3) is 0 Å². The summed E-state index contributed by atoms with van der Waals surface area (Å²) in [7, 11) is 1.39. The van der Waals surface area contributed by atoms with Gasteiger partial charge in [-0.1, -0.05) is 26.0 Å². The van der Waals surface area contributed by atoms with Gasteiger partial charge in [-0.05, 0) is 30.9 Å². The van der Waals surface area contributed by atoms with E-state index in [4.69, 9.17) is 14.5 Å². The Labute approximate surface area is 175 Å². The number of carbonyl (C=O) groups excluding carboxylic acids is 2. The number of piperidine rings is 1. The Balaban J connectivity index is 1.95. The van der Waals surface area contributed by atoms with Gasteiger partial charge >= 0.3 is 11.9 Å². The van der Waals surface area contributed by atoms with Crippen LogP contribution in [0.1, 0.15) is 38.3 Å². The molecule has 0 radical (unpaired) electrons. The van der Waals surface area contributed by atoms with Crippen LogP contribution in [0.4, 0.5) is 5.82 Å². The molecule has 1 aromatic carbocycles. The van der Waals surface area contributed by atoms with E-state index < -0.39 is 11.9 Å². The van der Waals surface area contributed by atoms with E-state index >= 15 is 0 Å². The lowest BCUT2D eigenvalue weighted by molar-refractivity contribution is -0.146. The number of esters is 2. The summed E-state index contributed by atoms with van der Waals surface area (Å²) in [6.45, 7) is 5.21. The molecule has 0 unspecified atom stereocenters. The standard InChI is InChI=1S/C22H26N4O4/c1-14(2)13-30-22(28)16(12-23)19-20(25-18-7-5-4-6-17(18)24-19)26-10-8-15(9-11-26)21(27)29-3/h4-7,14-16H,8-11,13H2,1-3H3/t16-/m0/s1. The third kappa shape index (κ3) is 4.67. The van der Waals surface area contributed by atoms with Crippen LogP contribution in [0.2, 0.25) is 0 Å². The number of hydrogen-bond donors (Lipinski definition) is 0. The van der Waals surface area contributed by atoms with Crippen molar-refractivity contribution in [2.24, 2.45) is 11.8 Å². The Morgan fingerprint density at radius 2 is 1.83 bits per heavy atom. The molecule has 1 aliphatic rings. The topological polar surface area (TPSA) is 105 Å².